The molecule has 90 valence electrons. The van der Waals surface area contributed by atoms with E-state index in [9.17, 15) is 0 Å². The van der Waals surface area contributed by atoms with E-state index < -0.39 is 0 Å². The van der Waals surface area contributed by atoms with E-state index in [0.29, 0.717) is 6.04 Å². The maximum atomic E-state index is 5.29. The molecule has 0 saturated carbocycles. The van der Waals surface area contributed by atoms with E-state index in [2.05, 4.69) is 30.8 Å². The predicted molar refractivity (Wildman–Crippen MR) is 67.4 cm³/mol. The number of rotatable bonds is 7. The van der Waals surface area contributed by atoms with Gasteiger partial charge in [-0.2, -0.15) is 0 Å². The second-order valence-electron chi connectivity index (χ2n) is 4.21. The smallest absolute Gasteiger partial charge is 0.105 e. The number of likely N-dealkylation sites (N-methyl/N-ethyl adjacent to an activating group) is 1. The van der Waals surface area contributed by atoms with Gasteiger partial charge in [-0.1, -0.05) is 6.08 Å². The molecular formula is C13H22N2O. The van der Waals surface area contributed by atoms with Gasteiger partial charge in [0.05, 0.1) is 6.26 Å². The molecule has 0 aliphatic carbocycles. The van der Waals surface area contributed by atoms with Crippen molar-refractivity contribution in [2.75, 3.05) is 20.1 Å². The van der Waals surface area contributed by atoms with Crippen molar-refractivity contribution in [2.45, 2.75) is 26.4 Å². The standard InChI is InChI=1S/C13H22N2O/c1-5-7-14-9-11(2)15(4)10-13-6-8-16-12(13)3/h5-6,8,11,14H,1,7,9-10H2,2-4H3. The Balaban J connectivity index is 2.36. The SMILES string of the molecule is C=CCNCC(C)N(C)Cc1ccoc1C. The van der Waals surface area contributed by atoms with Crippen molar-refractivity contribution in [1.29, 1.82) is 0 Å². The van der Waals surface area contributed by atoms with E-state index in [-0.39, 0.29) is 0 Å². The Bertz CT molecular complexity index is 319. The first-order chi connectivity index (χ1) is 7.65. The van der Waals surface area contributed by atoms with Gasteiger partial charge in [0.1, 0.15) is 5.76 Å². The van der Waals surface area contributed by atoms with Crippen LogP contribution in [0.5, 0.6) is 0 Å². The first-order valence-corrected chi connectivity index (χ1v) is 5.70. The van der Waals surface area contributed by atoms with Gasteiger partial charge in [-0.3, -0.25) is 4.90 Å². The average Bonchev–Trinajstić information content (AvgIpc) is 2.64. The fourth-order valence-electron chi connectivity index (χ4n) is 1.55. The molecule has 0 spiro atoms. The summed E-state index contributed by atoms with van der Waals surface area (Å²) in [7, 11) is 2.13. The molecule has 1 heterocycles. The lowest BCUT2D eigenvalue weighted by Crippen LogP contribution is -2.37. The summed E-state index contributed by atoms with van der Waals surface area (Å²) < 4.78 is 5.29. The Labute approximate surface area is 98.1 Å². The molecule has 16 heavy (non-hydrogen) atoms. The summed E-state index contributed by atoms with van der Waals surface area (Å²) in [6.07, 6.45) is 3.63. The maximum absolute atomic E-state index is 5.29. The number of nitrogens with zero attached hydrogens (tertiary/aromatic N) is 1. The van der Waals surface area contributed by atoms with Gasteiger partial charge in [-0.05, 0) is 27.0 Å². The second-order valence-corrected chi connectivity index (χ2v) is 4.21. The van der Waals surface area contributed by atoms with Crippen molar-refractivity contribution in [2.24, 2.45) is 0 Å². The molecule has 0 aliphatic rings. The highest BCUT2D eigenvalue weighted by Gasteiger charge is 2.11. The van der Waals surface area contributed by atoms with E-state index in [4.69, 9.17) is 4.42 Å². The molecule has 0 saturated heterocycles. The van der Waals surface area contributed by atoms with Crippen LogP contribution < -0.4 is 5.32 Å². The van der Waals surface area contributed by atoms with Crippen molar-refractivity contribution in [3.8, 4) is 0 Å². The summed E-state index contributed by atoms with van der Waals surface area (Å²) in [4.78, 5) is 2.31. The van der Waals surface area contributed by atoms with Crippen LogP contribution in [0, 0.1) is 6.92 Å². The zero-order valence-electron chi connectivity index (χ0n) is 10.5. The highest BCUT2D eigenvalue weighted by atomic mass is 16.3. The number of hydrogen-bond acceptors (Lipinski definition) is 3. The van der Waals surface area contributed by atoms with Gasteiger partial charge in [0.2, 0.25) is 0 Å². The first-order valence-electron chi connectivity index (χ1n) is 5.70. The Kier molecular flexibility index (Phi) is 5.29. The van der Waals surface area contributed by atoms with E-state index in [1.165, 1.54) is 5.56 Å². The second kappa shape index (κ2) is 6.51. The van der Waals surface area contributed by atoms with E-state index in [1.54, 1.807) is 6.26 Å². The predicted octanol–water partition coefficient (Wildman–Crippen LogP) is 2.18. The van der Waals surface area contributed by atoms with Gasteiger partial charge in [-0.25, -0.2) is 0 Å². The maximum Gasteiger partial charge on any atom is 0.105 e. The minimum absolute atomic E-state index is 0.495. The van der Waals surface area contributed by atoms with Crippen molar-refractivity contribution in [3.63, 3.8) is 0 Å². The lowest BCUT2D eigenvalue weighted by molar-refractivity contribution is 0.243. The first kappa shape index (κ1) is 13.0. The van der Waals surface area contributed by atoms with Crippen molar-refractivity contribution in [1.82, 2.24) is 10.2 Å². The monoisotopic (exact) mass is 222 g/mol. The molecule has 1 aromatic rings. The molecule has 1 atom stereocenters. The fraction of sp³-hybridized carbons (Fsp3) is 0.538. The largest absolute Gasteiger partial charge is 0.469 e. The van der Waals surface area contributed by atoms with Crippen LogP contribution in [0.2, 0.25) is 0 Å². The van der Waals surface area contributed by atoms with Crippen LogP contribution in [-0.2, 0) is 6.54 Å². The molecular weight excluding hydrogens is 200 g/mol. The Morgan fingerprint density at radius 2 is 2.38 bits per heavy atom. The third kappa shape index (κ3) is 3.83. The molecule has 3 heteroatoms. The van der Waals surface area contributed by atoms with Gasteiger partial charge in [0.25, 0.3) is 0 Å². The summed E-state index contributed by atoms with van der Waals surface area (Å²) in [6.45, 7) is 10.7. The third-order valence-corrected chi connectivity index (χ3v) is 2.87. The van der Waals surface area contributed by atoms with Crippen LogP contribution in [0.25, 0.3) is 0 Å². The van der Waals surface area contributed by atoms with Crippen molar-refractivity contribution >= 4 is 0 Å². The minimum atomic E-state index is 0.495. The van der Waals surface area contributed by atoms with Gasteiger partial charge in [0, 0.05) is 31.2 Å². The highest BCUT2D eigenvalue weighted by molar-refractivity contribution is 5.15. The zero-order valence-corrected chi connectivity index (χ0v) is 10.5. The van der Waals surface area contributed by atoms with Crippen LogP contribution in [0.15, 0.2) is 29.4 Å². The van der Waals surface area contributed by atoms with Crippen LogP contribution in [0.4, 0.5) is 0 Å². The Morgan fingerprint density at radius 3 is 2.94 bits per heavy atom. The molecule has 1 rings (SSSR count). The van der Waals surface area contributed by atoms with Crippen LogP contribution in [0.3, 0.4) is 0 Å². The number of aryl methyl sites for hydroxylation is 1. The lowest BCUT2D eigenvalue weighted by atomic mass is 10.2. The number of nitrogens with one attached hydrogen (secondary N) is 1. The zero-order chi connectivity index (χ0) is 12.0. The molecule has 1 N–H and O–H groups in total. The molecule has 1 aromatic heterocycles. The Hall–Kier alpha value is -1.06. The molecule has 1 unspecified atom stereocenters. The lowest BCUT2D eigenvalue weighted by Gasteiger charge is -2.24. The summed E-state index contributed by atoms with van der Waals surface area (Å²) in [6, 6.07) is 2.53. The molecule has 0 aromatic carbocycles. The molecule has 0 amide bonds. The topological polar surface area (TPSA) is 28.4 Å². The van der Waals surface area contributed by atoms with E-state index >= 15 is 0 Å². The summed E-state index contributed by atoms with van der Waals surface area (Å²) in [5, 5.41) is 3.33. The van der Waals surface area contributed by atoms with Gasteiger partial charge >= 0.3 is 0 Å². The summed E-state index contributed by atoms with van der Waals surface area (Å²) >= 11 is 0. The van der Waals surface area contributed by atoms with E-state index in [0.717, 1.165) is 25.4 Å². The van der Waals surface area contributed by atoms with Crippen LogP contribution in [0.1, 0.15) is 18.2 Å². The quantitative estimate of drug-likeness (QED) is 0.566. The molecule has 0 bridgehead atoms. The normalized spacial score (nSPS) is 13.0. The molecule has 0 aliphatic heterocycles. The third-order valence-electron chi connectivity index (χ3n) is 2.87. The molecule has 0 fully saturated rings. The minimum Gasteiger partial charge on any atom is -0.469 e. The van der Waals surface area contributed by atoms with E-state index in [1.807, 2.05) is 19.1 Å². The Morgan fingerprint density at radius 1 is 1.62 bits per heavy atom. The van der Waals surface area contributed by atoms with Gasteiger partial charge < -0.3 is 9.73 Å². The highest BCUT2D eigenvalue weighted by Crippen LogP contribution is 2.12. The number of hydrogen-bond donors (Lipinski definition) is 1. The summed E-state index contributed by atoms with van der Waals surface area (Å²) in [5.74, 6) is 1.01. The van der Waals surface area contributed by atoms with Crippen LogP contribution >= 0.6 is 0 Å². The van der Waals surface area contributed by atoms with Gasteiger partial charge in [-0.15, -0.1) is 6.58 Å². The fourth-order valence-corrected chi connectivity index (χ4v) is 1.55. The number of furan rings is 1. The molecule has 3 nitrogen and oxygen atoms in total. The van der Waals surface area contributed by atoms with Crippen molar-refractivity contribution in [3.05, 3.63) is 36.3 Å². The summed E-state index contributed by atoms with van der Waals surface area (Å²) in [5.41, 5.74) is 1.26. The van der Waals surface area contributed by atoms with Crippen LogP contribution in [-0.4, -0.2) is 31.1 Å². The molecule has 0 radical (unpaired) electrons. The average molecular weight is 222 g/mol. The van der Waals surface area contributed by atoms with Crippen molar-refractivity contribution < 1.29 is 4.42 Å². The van der Waals surface area contributed by atoms with Gasteiger partial charge in [0.15, 0.2) is 0 Å².